The molecular formula is C37H66O8. The van der Waals surface area contributed by atoms with Gasteiger partial charge in [0.05, 0.1) is 54.7 Å². The number of hydrogen-bond donors (Lipinski definition) is 4. The molecule has 8 nitrogen and oxygen atoms in total. The molecule has 0 bridgehead atoms. The second kappa shape index (κ2) is 21.8. The van der Waals surface area contributed by atoms with E-state index in [1.54, 1.807) is 13.0 Å². The molecule has 0 spiro atoms. The Morgan fingerprint density at radius 2 is 1.09 bits per heavy atom. The standard InChI is InChI=1S/C37H66O8/c1-3-4-5-6-7-8-9-13-19-31(40)33-21-23-35(44-33)36-24-22-34(45-36)32(41)20-15-14-17-28(38)16-11-10-12-18-29(39)26-30-25-27(2)37(42)43-30/h25,27-29,31-36,38-41H,3-24,26H2,1-2H3/t27-,28+,29+,31-,32+,33+,34-,35+,36-/m0/s1. The van der Waals surface area contributed by atoms with Gasteiger partial charge < -0.3 is 34.6 Å². The van der Waals surface area contributed by atoms with Crippen molar-refractivity contribution in [2.75, 3.05) is 0 Å². The first-order chi connectivity index (χ1) is 21.8. The van der Waals surface area contributed by atoms with Gasteiger partial charge in [-0.1, -0.05) is 90.4 Å². The van der Waals surface area contributed by atoms with Crippen molar-refractivity contribution in [2.24, 2.45) is 5.92 Å². The molecule has 0 aliphatic carbocycles. The Labute approximate surface area is 273 Å². The van der Waals surface area contributed by atoms with Crippen LogP contribution >= 0.6 is 0 Å². The summed E-state index contributed by atoms with van der Waals surface area (Å²) in [6.07, 6.45) is 22.1. The SMILES string of the molecule is CCCCCCCCCC[C@H](O)[C@H]1CC[C@H]([C@@H]2CC[C@@H]([C@H](O)CCCC[C@H](O)CCCCC[C@@H](O)CC3=C[C@H](C)C(=O)O3)O2)O1. The highest BCUT2D eigenvalue weighted by molar-refractivity contribution is 5.77. The zero-order valence-electron chi connectivity index (χ0n) is 28.5. The summed E-state index contributed by atoms with van der Waals surface area (Å²) >= 11 is 0. The third-order valence-electron chi connectivity index (χ3n) is 10.1. The zero-order valence-corrected chi connectivity index (χ0v) is 28.5. The summed E-state index contributed by atoms with van der Waals surface area (Å²) in [5.41, 5.74) is 0. The predicted octanol–water partition coefficient (Wildman–Crippen LogP) is 7.03. The molecule has 8 heteroatoms. The lowest BCUT2D eigenvalue weighted by atomic mass is 9.99. The number of ether oxygens (including phenoxy) is 3. The molecule has 0 saturated carbocycles. The van der Waals surface area contributed by atoms with Crippen molar-refractivity contribution in [2.45, 2.75) is 210 Å². The number of cyclic esters (lactones) is 1. The van der Waals surface area contributed by atoms with Crippen LogP contribution in [0.2, 0.25) is 0 Å². The van der Waals surface area contributed by atoms with Crippen LogP contribution in [0.4, 0.5) is 0 Å². The maximum absolute atomic E-state index is 11.4. The third kappa shape index (κ3) is 14.7. The topological polar surface area (TPSA) is 126 Å². The van der Waals surface area contributed by atoms with E-state index in [0.717, 1.165) is 83.5 Å². The number of aliphatic hydroxyl groups is 4. The molecule has 9 atom stereocenters. The summed E-state index contributed by atoms with van der Waals surface area (Å²) in [5.74, 6) is 0.114. The number of carbonyl (C=O) groups is 1. The first-order valence-electron chi connectivity index (χ1n) is 18.7. The molecule has 3 heterocycles. The molecule has 0 aromatic heterocycles. The molecule has 0 aromatic rings. The van der Waals surface area contributed by atoms with Gasteiger partial charge >= 0.3 is 5.97 Å². The van der Waals surface area contributed by atoms with E-state index in [9.17, 15) is 25.2 Å². The largest absolute Gasteiger partial charge is 0.431 e. The highest BCUT2D eigenvalue weighted by Crippen LogP contribution is 2.34. The molecule has 0 radical (unpaired) electrons. The van der Waals surface area contributed by atoms with Crippen molar-refractivity contribution >= 4 is 5.97 Å². The van der Waals surface area contributed by atoms with Gasteiger partial charge in [-0.2, -0.15) is 0 Å². The number of carbonyl (C=O) groups excluding carboxylic acids is 1. The Hall–Kier alpha value is -1.03. The average Bonchev–Trinajstić information content (AvgIpc) is 3.77. The predicted molar refractivity (Wildman–Crippen MR) is 177 cm³/mol. The lowest BCUT2D eigenvalue weighted by molar-refractivity contribution is -0.139. The number of esters is 1. The minimum absolute atomic E-state index is 0.00827. The van der Waals surface area contributed by atoms with E-state index in [1.807, 2.05) is 0 Å². The second-order valence-corrected chi connectivity index (χ2v) is 14.3. The van der Waals surface area contributed by atoms with Gasteiger partial charge in [0.25, 0.3) is 0 Å². The van der Waals surface area contributed by atoms with Crippen LogP contribution in [0.25, 0.3) is 0 Å². The number of aliphatic hydroxyl groups excluding tert-OH is 4. The van der Waals surface area contributed by atoms with Crippen LogP contribution in [0.3, 0.4) is 0 Å². The van der Waals surface area contributed by atoms with E-state index in [-0.39, 0.29) is 48.5 Å². The van der Waals surface area contributed by atoms with Crippen molar-refractivity contribution in [1.82, 2.24) is 0 Å². The van der Waals surface area contributed by atoms with Crippen molar-refractivity contribution in [3.05, 3.63) is 11.8 Å². The first-order valence-corrected chi connectivity index (χ1v) is 18.7. The molecule has 0 unspecified atom stereocenters. The number of hydrogen-bond acceptors (Lipinski definition) is 8. The Bertz CT molecular complexity index is 833. The van der Waals surface area contributed by atoms with E-state index < -0.39 is 12.2 Å². The van der Waals surface area contributed by atoms with Gasteiger partial charge in [-0.15, -0.1) is 0 Å². The van der Waals surface area contributed by atoms with Crippen LogP contribution in [0, 0.1) is 5.92 Å². The molecule has 2 saturated heterocycles. The average molecular weight is 639 g/mol. The van der Waals surface area contributed by atoms with Crippen LogP contribution in [-0.4, -0.2) is 75.2 Å². The minimum Gasteiger partial charge on any atom is -0.431 e. The van der Waals surface area contributed by atoms with E-state index in [2.05, 4.69) is 6.92 Å². The summed E-state index contributed by atoms with van der Waals surface area (Å²) in [6, 6.07) is 0. The Balaban J connectivity index is 1.15. The number of unbranched alkanes of at least 4 members (excludes halogenated alkanes) is 10. The van der Waals surface area contributed by atoms with Gasteiger partial charge in [0.2, 0.25) is 0 Å². The smallest absolute Gasteiger partial charge is 0.317 e. The van der Waals surface area contributed by atoms with Crippen LogP contribution < -0.4 is 0 Å². The van der Waals surface area contributed by atoms with E-state index in [4.69, 9.17) is 14.2 Å². The van der Waals surface area contributed by atoms with Gasteiger partial charge in [0, 0.05) is 6.42 Å². The van der Waals surface area contributed by atoms with E-state index in [0.29, 0.717) is 25.0 Å². The zero-order chi connectivity index (χ0) is 32.4. The summed E-state index contributed by atoms with van der Waals surface area (Å²) in [6.45, 7) is 4.04. The monoisotopic (exact) mass is 638 g/mol. The summed E-state index contributed by atoms with van der Waals surface area (Å²) in [4.78, 5) is 11.4. The van der Waals surface area contributed by atoms with E-state index >= 15 is 0 Å². The summed E-state index contributed by atoms with van der Waals surface area (Å²) in [7, 11) is 0. The maximum Gasteiger partial charge on any atom is 0.317 e. The van der Waals surface area contributed by atoms with Crippen molar-refractivity contribution in [1.29, 1.82) is 0 Å². The van der Waals surface area contributed by atoms with Gasteiger partial charge in [-0.3, -0.25) is 4.79 Å². The fourth-order valence-corrected chi connectivity index (χ4v) is 7.21. The minimum atomic E-state index is -0.505. The maximum atomic E-state index is 11.4. The molecule has 3 aliphatic rings. The van der Waals surface area contributed by atoms with Crippen molar-refractivity contribution in [3.63, 3.8) is 0 Å². The Morgan fingerprint density at radius 3 is 1.62 bits per heavy atom. The van der Waals surface area contributed by atoms with Crippen molar-refractivity contribution in [3.8, 4) is 0 Å². The quantitative estimate of drug-likeness (QED) is 0.0620. The van der Waals surface area contributed by atoms with Crippen LogP contribution in [0.15, 0.2) is 11.8 Å². The molecule has 3 rings (SSSR count). The third-order valence-corrected chi connectivity index (χ3v) is 10.1. The molecular weight excluding hydrogens is 572 g/mol. The molecule has 262 valence electrons. The van der Waals surface area contributed by atoms with Crippen LogP contribution in [0.1, 0.15) is 162 Å². The lowest BCUT2D eigenvalue weighted by Gasteiger charge is -2.24. The van der Waals surface area contributed by atoms with Gasteiger partial charge in [-0.25, -0.2) is 0 Å². The molecule has 0 amide bonds. The Morgan fingerprint density at radius 1 is 0.644 bits per heavy atom. The van der Waals surface area contributed by atoms with Gasteiger partial charge in [-0.05, 0) is 70.8 Å². The Kier molecular flexibility index (Phi) is 18.6. The summed E-state index contributed by atoms with van der Waals surface area (Å²) in [5, 5.41) is 42.0. The fourth-order valence-electron chi connectivity index (χ4n) is 7.21. The first kappa shape index (κ1) is 38.4. The van der Waals surface area contributed by atoms with Crippen LogP contribution in [0.5, 0.6) is 0 Å². The highest BCUT2D eigenvalue weighted by atomic mass is 16.6. The van der Waals surface area contributed by atoms with Crippen molar-refractivity contribution < 1.29 is 39.4 Å². The highest BCUT2D eigenvalue weighted by Gasteiger charge is 2.40. The molecule has 3 aliphatic heterocycles. The lowest BCUT2D eigenvalue weighted by Crippen LogP contribution is -2.33. The number of rotatable bonds is 25. The molecule has 4 N–H and O–H groups in total. The second-order valence-electron chi connectivity index (χ2n) is 14.3. The van der Waals surface area contributed by atoms with Gasteiger partial charge in [0.1, 0.15) is 5.76 Å². The van der Waals surface area contributed by atoms with Crippen LogP contribution in [-0.2, 0) is 19.0 Å². The normalized spacial score (nSPS) is 27.8. The molecule has 2 fully saturated rings. The summed E-state index contributed by atoms with van der Waals surface area (Å²) < 4.78 is 17.7. The molecule has 45 heavy (non-hydrogen) atoms. The van der Waals surface area contributed by atoms with E-state index in [1.165, 1.54) is 44.9 Å². The fraction of sp³-hybridized carbons (Fsp3) is 0.919. The molecule has 0 aromatic carbocycles. The van der Waals surface area contributed by atoms with Gasteiger partial charge in [0.15, 0.2) is 0 Å².